The third kappa shape index (κ3) is 7.03. The van der Waals surface area contributed by atoms with Gasteiger partial charge < -0.3 is 89.0 Å². The SMILES string of the molecule is C[C@H]1O[C@@H](Oc2c(-c3ccc(O)cc3)oc3cc(O[C@@H]4O[C@H](C)[C@@H](O)[C@@H](O)[C@H]4O[C@H]4O[C@H](CO)[C@@H](O)[C@H](O)[C@H]4O)cc(O)c3c2=O)[C@@H](O)[C@@H](O)[C@H]1O. The van der Waals surface area contributed by atoms with Gasteiger partial charge in [-0.15, -0.1) is 0 Å². The predicted molar refractivity (Wildman–Crippen MR) is 170 cm³/mol. The molecule has 2 aromatic carbocycles. The highest BCUT2D eigenvalue weighted by Crippen LogP contribution is 2.39. The van der Waals surface area contributed by atoms with Crippen LogP contribution in [0.15, 0.2) is 45.6 Å². The number of aliphatic hydroxyl groups excluding tert-OH is 9. The average Bonchev–Trinajstić information content (AvgIpc) is 3.11. The Morgan fingerprint density at radius 2 is 1.27 bits per heavy atom. The predicted octanol–water partition coefficient (Wildman–Crippen LogP) is -2.89. The van der Waals surface area contributed by atoms with Gasteiger partial charge >= 0.3 is 0 Å². The molecule has 0 radical (unpaired) electrons. The Labute approximate surface area is 293 Å². The number of hydrogen-bond acceptors (Lipinski definition) is 19. The summed E-state index contributed by atoms with van der Waals surface area (Å²) in [5.74, 6) is -1.93. The van der Waals surface area contributed by atoms with Gasteiger partial charge in [0.25, 0.3) is 0 Å². The highest BCUT2D eigenvalue weighted by atomic mass is 16.8. The van der Waals surface area contributed by atoms with E-state index in [0.717, 1.165) is 12.1 Å². The van der Waals surface area contributed by atoms with Gasteiger partial charge in [0.2, 0.25) is 23.8 Å². The van der Waals surface area contributed by atoms with Crippen LogP contribution in [0.3, 0.4) is 0 Å². The highest BCUT2D eigenvalue weighted by molar-refractivity contribution is 5.88. The van der Waals surface area contributed by atoms with Crippen molar-refractivity contribution in [2.24, 2.45) is 0 Å². The van der Waals surface area contributed by atoms with Crippen LogP contribution >= 0.6 is 0 Å². The van der Waals surface area contributed by atoms with Crippen molar-refractivity contribution in [2.45, 2.75) is 106 Å². The summed E-state index contributed by atoms with van der Waals surface area (Å²) in [5.41, 5.74) is -1.09. The summed E-state index contributed by atoms with van der Waals surface area (Å²) in [7, 11) is 0. The summed E-state index contributed by atoms with van der Waals surface area (Å²) in [5, 5.41) is 113. The monoisotopic (exact) mass is 740 g/mol. The summed E-state index contributed by atoms with van der Waals surface area (Å²) >= 11 is 0. The van der Waals surface area contributed by atoms with Crippen molar-refractivity contribution in [3.8, 4) is 34.3 Å². The summed E-state index contributed by atoms with van der Waals surface area (Å²) in [6, 6.07) is 7.45. The van der Waals surface area contributed by atoms with Crippen LogP contribution in [0.4, 0.5) is 0 Å². The molecule has 3 fully saturated rings. The molecule has 4 heterocycles. The molecule has 1 aromatic heterocycles. The largest absolute Gasteiger partial charge is 0.508 e. The van der Waals surface area contributed by atoms with Crippen LogP contribution in [-0.4, -0.2) is 155 Å². The van der Waals surface area contributed by atoms with E-state index >= 15 is 0 Å². The van der Waals surface area contributed by atoms with Crippen LogP contribution < -0.4 is 14.9 Å². The molecule has 19 nitrogen and oxygen atoms in total. The van der Waals surface area contributed by atoms with Crippen molar-refractivity contribution < 1.29 is 89.0 Å². The standard InChI is InChI=1S/C33H40O19/c1-10-19(37)23(41)26(44)31(46-10)51-29-22(40)18-15(36)7-14(8-16(18)49-28(29)12-3-5-13(35)6-4-12)48-33-30(25(43)20(38)11(2)47-33)52-32-27(45)24(42)21(39)17(9-34)50-32/h3-8,10-11,17,19-21,23-27,30-39,41-45H,9H2,1-2H3/t10-,11-,17-,19+,20-,21-,23+,24+,25-,26+,27-,30-,31+,32-,33+/m1/s1. The van der Waals surface area contributed by atoms with Crippen molar-refractivity contribution in [3.05, 3.63) is 46.6 Å². The van der Waals surface area contributed by atoms with Gasteiger partial charge in [0, 0.05) is 17.7 Å². The lowest BCUT2D eigenvalue weighted by atomic mass is 9.97. The van der Waals surface area contributed by atoms with Crippen LogP contribution in [0.5, 0.6) is 23.0 Å². The van der Waals surface area contributed by atoms with E-state index in [4.69, 9.17) is 32.8 Å². The van der Waals surface area contributed by atoms with Crippen LogP contribution in [0.25, 0.3) is 22.3 Å². The Morgan fingerprint density at radius 1 is 0.673 bits per heavy atom. The van der Waals surface area contributed by atoms with Crippen molar-refractivity contribution in [1.29, 1.82) is 0 Å². The topological polar surface area (TPSA) is 308 Å². The number of benzene rings is 2. The van der Waals surface area contributed by atoms with E-state index in [1.54, 1.807) is 0 Å². The highest BCUT2D eigenvalue weighted by Gasteiger charge is 2.51. The molecule has 0 bridgehead atoms. The molecule has 3 aromatic rings. The van der Waals surface area contributed by atoms with Gasteiger partial charge in [-0.05, 0) is 38.1 Å². The number of phenolic OH excluding ortho intramolecular Hbond substituents is 2. The van der Waals surface area contributed by atoms with E-state index in [2.05, 4.69) is 0 Å². The van der Waals surface area contributed by atoms with E-state index < -0.39 is 121 Å². The van der Waals surface area contributed by atoms with Gasteiger partial charge in [0.15, 0.2) is 18.2 Å². The van der Waals surface area contributed by atoms with Crippen LogP contribution in [0.2, 0.25) is 0 Å². The summed E-state index contributed by atoms with van der Waals surface area (Å²) < 4.78 is 40.0. The first-order chi connectivity index (χ1) is 24.6. The fraction of sp³-hybridized carbons (Fsp3) is 0.545. The van der Waals surface area contributed by atoms with Gasteiger partial charge in [0.1, 0.15) is 83.2 Å². The van der Waals surface area contributed by atoms with Gasteiger partial charge in [-0.1, -0.05) is 0 Å². The van der Waals surface area contributed by atoms with Crippen LogP contribution in [0.1, 0.15) is 13.8 Å². The number of hydrogen-bond donors (Lipinski definition) is 11. The molecule has 0 amide bonds. The van der Waals surface area contributed by atoms with Gasteiger partial charge in [-0.25, -0.2) is 0 Å². The van der Waals surface area contributed by atoms with Crippen molar-refractivity contribution >= 4 is 11.0 Å². The van der Waals surface area contributed by atoms with Crippen molar-refractivity contribution in [1.82, 2.24) is 0 Å². The molecular formula is C33H40O19. The lowest BCUT2D eigenvalue weighted by Gasteiger charge is -2.45. The molecule has 52 heavy (non-hydrogen) atoms. The Bertz CT molecular complexity index is 1760. The maximum absolute atomic E-state index is 14.0. The number of rotatable bonds is 8. The zero-order chi connectivity index (χ0) is 37.8. The molecule has 15 atom stereocenters. The first-order valence-corrected chi connectivity index (χ1v) is 16.2. The minimum atomic E-state index is -1.88. The molecule has 0 saturated carbocycles. The maximum atomic E-state index is 14.0. The molecule has 0 aliphatic carbocycles. The second-order valence-corrected chi connectivity index (χ2v) is 12.9. The number of ether oxygens (including phenoxy) is 6. The van der Waals surface area contributed by atoms with Crippen molar-refractivity contribution in [3.63, 3.8) is 0 Å². The molecular weight excluding hydrogens is 700 g/mol. The van der Waals surface area contributed by atoms with E-state index in [1.165, 1.54) is 38.1 Å². The Kier molecular flexibility index (Phi) is 11.0. The molecule has 3 aliphatic heterocycles. The smallest absolute Gasteiger partial charge is 0.239 e. The Balaban J connectivity index is 1.37. The number of aromatic hydroxyl groups is 2. The summed E-state index contributed by atoms with van der Waals surface area (Å²) in [6.45, 7) is 2.04. The lowest BCUT2D eigenvalue weighted by Crippen LogP contribution is -2.64. The molecule has 3 aliphatic rings. The fourth-order valence-electron chi connectivity index (χ4n) is 6.17. The third-order valence-corrected chi connectivity index (χ3v) is 9.25. The van der Waals surface area contributed by atoms with Crippen molar-refractivity contribution in [2.75, 3.05) is 6.61 Å². The van der Waals surface area contributed by atoms with E-state index in [1.807, 2.05) is 0 Å². The summed E-state index contributed by atoms with van der Waals surface area (Å²) in [4.78, 5) is 14.0. The quantitative estimate of drug-likeness (QED) is 0.110. The first kappa shape index (κ1) is 38.1. The molecule has 0 unspecified atom stereocenters. The molecule has 3 saturated heterocycles. The first-order valence-electron chi connectivity index (χ1n) is 16.2. The number of phenols is 2. The zero-order valence-corrected chi connectivity index (χ0v) is 27.5. The second-order valence-electron chi connectivity index (χ2n) is 12.9. The van der Waals surface area contributed by atoms with E-state index in [-0.39, 0.29) is 28.4 Å². The fourth-order valence-corrected chi connectivity index (χ4v) is 6.17. The third-order valence-electron chi connectivity index (χ3n) is 9.25. The lowest BCUT2D eigenvalue weighted by molar-refractivity contribution is -0.355. The Hall–Kier alpha value is -3.67. The van der Waals surface area contributed by atoms with Gasteiger partial charge in [-0.2, -0.15) is 0 Å². The molecule has 6 rings (SSSR count). The molecule has 286 valence electrons. The second kappa shape index (κ2) is 15.0. The maximum Gasteiger partial charge on any atom is 0.239 e. The van der Waals surface area contributed by atoms with Gasteiger partial charge in [0.05, 0.1) is 18.8 Å². The number of fused-ring (bicyclic) bond motifs is 1. The minimum Gasteiger partial charge on any atom is -0.508 e. The zero-order valence-electron chi connectivity index (χ0n) is 27.5. The summed E-state index contributed by atoms with van der Waals surface area (Å²) in [6.07, 6.45) is -23.9. The number of aliphatic hydroxyl groups is 9. The minimum absolute atomic E-state index is 0.130. The molecule has 11 N–H and O–H groups in total. The van der Waals surface area contributed by atoms with Crippen LogP contribution in [-0.2, 0) is 18.9 Å². The van der Waals surface area contributed by atoms with Crippen LogP contribution in [0, 0.1) is 0 Å². The van der Waals surface area contributed by atoms with Gasteiger partial charge in [-0.3, -0.25) is 4.79 Å². The van der Waals surface area contributed by atoms with E-state index in [9.17, 15) is 61.0 Å². The molecule has 19 heteroatoms. The normalized spacial score (nSPS) is 38.2. The molecule has 0 spiro atoms. The average molecular weight is 741 g/mol. The van der Waals surface area contributed by atoms with E-state index in [0.29, 0.717) is 0 Å². The Morgan fingerprint density at radius 3 is 1.92 bits per heavy atom.